The molecule has 0 radical (unpaired) electrons. The number of nitrogens with zero attached hydrogens (tertiary/aromatic N) is 1. The Morgan fingerprint density at radius 3 is 2.60 bits per heavy atom. The van der Waals surface area contributed by atoms with Crippen molar-refractivity contribution in [3.8, 4) is 0 Å². The molecule has 0 aliphatic carbocycles. The lowest BCUT2D eigenvalue weighted by Crippen LogP contribution is -2.37. The second kappa shape index (κ2) is 9.49. The summed E-state index contributed by atoms with van der Waals surface area (Å²) in [5.41, 5.74) is 0. The van der Waals surface area contributed by atoms with E-state index in [0.717, 1.165) is 0 Å². The highest BCUT2D eigenvalue weighted by molar-refractivity contribution is 7.99. The van der Waals surface area contributed by atoms with Crippen LogP contribution in [0.25, 0.3) is 0 Å². The third-order valence-corrected chi connectivity index (χ3v) is 3.86. The first-order chi connectivity index (χ1) is 7.43. The van der Waals surface area contributed by atoms with E-state index >= 15 is 0 Å². The number of unbranched alkanes of at least 4 members (excludes halogenated alkanes) is 3. The van der Waals surface area contributed by atoms with E-state index in [2.05, 4.69) is 28.9 Å². The minimum absolute atomic E-state index is 1.18. The van der Waals surface area contributed by atoms with Crippen LogP contribution in [0, 0.1) is 0 Å². The molecule has 1 N–H and O–H groups in total. The van der Waals surface area contributed by atoms with Crippen LogP contribution < -0.4 is 5.32 Å². The topological polar surface area (TPSA) is 15.3 Å². The normalized spacial score (nSPS) is 18.2. The summed E-state index contributed by atoms with van der Waals surface area (Å²) in [5, 5.41) is 3.54. The maximum atomic E-state index is 3.54. The number of nitrogens with one attached hydrogen (secondary N) is 1. The minimum atomic E-state index is 1.18. The summed E-state index contributed by atoms with van der Waals surface area (Å²) < 4.78 is 0. The molecule has 0 bridgehead atoms. The van der Waals surface area contributed by atoms with Crippen LogP contribution >= 0.6 is 11.8 Å². The van der Waals surface area contributed by atoms with Crippen LogP contribution in [0.3, 0.4) is 0 Å². The Balaban J connectivity index is 1.79. The zero-order valence-corrected chi connectivity index (χ0v) is 11.0. The molecule has 15 heavy (non-hydrogen) atoms. The summed E-state index contributed by atoms with van der Waals surface area (Å²) in [4.78, 5) is 2.58. The van der Waals surface area contributed by atoms with Crippen LogP contribution in [0.5, 0.6) is 0 Å². The summed E-state index contributed by atoms with van der Waals surface area (Å²) in [7, 11) is 0. The zero-order valence-electron chi connectivity index (χ0n) is 10.1. The Kier molecular flexibility index (Phi) is 8.44. The number of rotatable bonds is 8. The highest BCUT2D eigenvalue weighted by Gasteiger charge is 2.08. The molecule has 0 spiro atoms. The van der Waals surface area contributed by atoms with E-state index < -0.39 is 0 Å². The maximum Gasteiger partial charge on any atom is 0.0107 e. The summed E-state index contributed by atoms with van der Waals surface area (Å²) in [5.74, 6) is 2.66. The summed E-state index contributed by atoms with van der Waals surface area (Å²) in [6.07, 6.45) is 5.48. The van der Waals surface area contributed by atoms with Crippen molar-refractivity contribution in [2.24, 2.45) is 0 Å². The average Bonchev–Trinajstić information content (AvgIpc) is 2.29. The first-order valence-electron chi connectivity index (χ1n) is 6.44. The van der Waals surface area contributed by atoms with E-state index in [4.69, 9.17) is 0 Å². The van der Waals surface area contributed by atoms with Crippen molar-refractivity contribution in [1.29, 1.82) is 0 Å². The van der Waals surface area contributed by atoms with E-state index in [-0.39, 0.29) is 0 Å². The van der Waals surface area contributed by atoms with Gasteiger partial charge in [0.2, 0.25) is 0 Å². The van der Waals surface area contributed by atoms with E-state index in [9.17, 15) is 0 Å². The Morgan fingerprint density at radius 1 is 1.07 bits per heavy atom. The Bertz CT molecular complexity index is 136. The van der Waals surface area contributed by atoms with Crippen molar-refractivity contribution in [2.45, 2.75) is 32.6 Å². The lowest BCUT2D eigenvalue weighted by atomic mass is 10.2. The molecule has 0 aromatic carbocycles. The number of hydrogen-bond acceptors (Lipinski definition) is 3. The molecule has 1 saturated heterocycles. The van der Waals surface area contributed by atoms with E-state index in [0.29, 0.717) is 0 Å². The summed E-state index contributed by atoms with van der Waals surface area (Å²) >= 11 is 2.09. The molecule has 0 aromatic rings. The fourth-order valence-electron chi connectivity index (χ4n) is 1.86. The van der Waals surface area contributed by atoms with Gasteiger partial charge < -0.3 is 10.2 Å². The first-order valence-corrected chi connectivity index (χ1v) is 7.59. The third kappa shape index (κ3) is 7.20. The lowest BCUT2D eigenvalue weighted by Gasteiger charge is -2.26. The van der Waals surface area contributed by atoms with Gasteiger partial charge in [-0.25, -0.2) is 0 Å². The van der Waals surface area contributed by atoms with Crippen molar-refractivity contribution in [1.82, 2.24) is 10.2 Å². The predicted molar refractivity (Wildman–Crippen MR) is 70.8 cm³/mol. The van der Waals surface area contributed by atoms with Gasteiger partial charge in [-0.1, -0.05) is 26.2 Å². The molecule has 0 amide bonds. The fraction of sp³-hybridized carbons (Fsp3) is 1.00. The standard InChI is InChI=1S/C12H26N2S/c1-2-3-4-5-6-13-7-8-14-9-11-15-12-10-14/h13H,2-12H2,1H3. The molecule has 1 aliphatic heterocycles. The van der Waals surface area contributed by atoms with Gasteiger partial charge >= 0.3 is 0 Å². The summed E-state index contributed by atoms with van der Waals surface area (Å²) in [6.45, 7) is 8.49. The van der Waals surface area contributed by atoms with E-state index in [1.54, 1.807) is 0 Å². The molecule has 0 unspecified atom stereocenters. The zero-order chi connectivity index (χ0) is 10.8. The second-order valence-corrected chi connectivity index (χ2v) is 5.49. The molecule has 0 atom stereocenters. The van der Waals surface area contributed by atoms with Gasteiger partial charge in [-0.15, -0.1) is 0 Å². The Labute approximate surface area is 99.2 Å². The average molecular weight is 230 g/mol. The minimum Gasteiger partial charge on any atom is -0.315 e. The van der Waals surface area contributed by atoms with Crippen molar-refractivity contribution in [3.05, 3.63) is 0 Å². The Hall–Kier alpha value is 0.270. The second-order valence-electron chi connectivity index (χ2n) is 4.26. The van der Waals surface area contributed by atoms with Crippen LogP contribution in [-0.2, 0) is 0 Å². The molecule has 90 valence electrons. The quantitative estimate of drug-likeness (QED) is 0.644. The molecule has 1 heterocycles. The highest BCUT2D eigenvalue weighted by atomic mass is 32.2. The summed E-state index contributed by atoms with van der Waals surface area (Å²) in [6, 6.07) is 0. The van der Waals surface area contributed by atoms with Crippen molar-refractivity contribution in [3.63, 3.8) is 0 Å². The van der Waals surface area contributed by atoms with Crippen LogP contribution in [0.15, 0.2) is 0 Å². The fourth-order valence-corrected chi connectivity index (χ4v) is 2.84. The number of thioether (sulfide) groups is 1. The first kappa shape index (κ1) is 13.3. The van der Waals surface area contributed by atoms with Crippen molar-refractivity contribution < 1.29 is 0 Å². The monoisotopic (exact) mass is 230 g/mol. The Morgan fingerprint density at radius 2 is 1.87 bits per heavy atom. The molecule has 3 heteroatoms. The maximum absolute atomic E-state index is 3.54. The third-order valence-electron chi connectivity index (χ3n) is 2.92. The van der Waals surface area contributed by atoms with Crippen LogP contribution in [0.2, 0.25) is 0 Å². The lowest BCUT2D eigenvalue weighted by molar-refractivity contribution is 0.301. The highest BCUT2D eigenvalue weighted by Crippen LogP contribution is 2.07. The molecule has 1 aliphatic rings. The van der Waals surface area contributed by atoms with Gasteiger partial charge in [0.1, 0.15) is 0 Å². The largest absolute Gasteiger partial charge is 0.315 e. The van der Waals surface area contributed by atoms with Gasteiger partial charge in [-0.3, -0.25) is 0 Å². The van der Waals surface area contributed by atoms with Gasteiger partial charge in [-0.05, 0) is 13.0 Å². The van der Waals surface area contributed by atoms with E-state index in [1.165, 1.54) is 69.9 Å². The van der Waals surface area contributed by atoms with Crippen LogP contribution in [-0.4, -0.2) is 49.1 Å². The van der Waals surface area contributed by atoms with Gasteiger partial charge in [0.15, 0.2) is 0 Å². The molecule has 1 rings (SSSR count). The predicted octanol–water partition coefficient (Wildman–Crippen LogP) is 2.21. The van der Waals surface area contributed by atoms with Crippen LogP contribution in [0.1, 0.15) is 32.6 Å². The van der Waals surface area contributed by atoms with E-state index in [1.807, 2.05) is 0 Å². The van der Waals surface area contributed by atoms with Gasteiger partial charge in [0, 0.05) is 37.7 Å². The molecule has 0 aromatic heterocycles. The molecule has 2 nitrogen and oxygen atoms in total. The van der Waals surface area contributed by atoms with Gasteiger partial charge in [-0.2, -0.15) is 11.8 Å². The SMILES string of the molecule is CCCCCCNCCN1CCSCC1. The van der Waals surface area contributed by atoms with Crippen molar-refractivity contribution >= 4 is 11.8 Å². The van der Waals surface area contributed by atoms with Gasteiger partial charge in [0.25, 0.3) is 0 Å². The molecule has 1 fully saturated rings. The molecular formula is C12H26N2S. The van der Waals surface area contributed by atoms with Gasteiger partial charge in [0.05, 0.1) is 0 Å². The smallest absolute Gasteiger partial charge is 0.0107 e. The molecule has 0 saturated carbocycles. The van der Waals surface area contributed by atoms with Crippen molar-refractivity contribution in [2.75, 3.05) is 44.2 Å². The molecular weight excluding hydrogens is 204 g/mol. The van der Waals surface area contributed by atoms with Crippen LogP contribution in [0.4, 0.5) is 0 Å². The number of hydrogen-bond donors (Lipinski definition) is 1.